The summed E-state index contributed by atoms with van der Waals surface area (Å²) in [7, 11) is -2.47. The Balaban J connectivity index is 1.85. The molecular weight excluding hydrogens is 300 g/mol. The lowest BCUT2D eigenvalue weighted by atomic mass is 10.2. The molecule has 0 unspecified atom stereocenters. The highest BCUT2D eigenvalue weighted by molar-refractivity contribution is 6.67. The van der Waals surface area contributed by atoms with Gasteiger partial charge in [-0.15, -0.1) is 0 Å². The Morgan fingerprint density at radius 1 is 0.609 bits per heavy atom. The molecule has 2 nitrogen and oxygen atoms in total. The maximum Gasteiger partial charge on any atom is 0.461 e. The number of benzene rings is 3. The molecule has 0 amide bonds. The van der Waals surface area contributed by atoms with Gasteiger partial charge in [0.2, 0.25) is 0 Å². The molecule has 0 saturated carbocycles. The van der Waals surface area contributed by atoms with Crippen molar-refractivity contribution in [3.05, 3.63) is 96.6 Å². The molecule has 3 aromatic rings. The second-order valence-corrected chi connectivity index (χ2v) is 8.66. The summed E-state index contributed by atoms with van der Waals surface area (Å²) in [6.45, 7) is 2.11. The first-order chi connectivity index (χ1) is 11.2. The van der Waals surface area contributed by atoms with Crippen molar-refractivity contribution in [1.82, 2.24) is 0 Å². The van der Waals surface area contributed by atoms with E-state index in [1.54, 1.807) is 0 Å². The van der Waals surface area contributed by atoms with Crippen molar-refractivity contribution >= 4 is 8.56 Å². The molecule has 0 aliphatic heterocycles. The smallest absolute Gasteiger partial charge is 0.461 e. The number of hydrogen-bond acceptors (Lipinski definition) is 2. The molecule has 0 heterocycles. The summed E-state index contributed by atoms with van der Waals surface area (Å²) in [6.07, 6.45) is 0. The van der Waals surface area contributed by atoms with Crippen LogP contribution in [0.2, 0.25) is 6.55 Å². The molecule has 0 N–H and O–H groups in total. The summed E-state index contributed by atoms with van der Waals surface area (Å²) in [5.74, 6) is 1.71. The Hall–Kier alpha value is -2.52. The van der Waals surface area contributed by atoms with Crippen LogP contribution in [0, 0.1) is 0 Å². The monoisotopic (exact) mass is 320 g/mol. The predicted octanol–water partition coefficient (Wildman–Crippen LogP) is 5.00. The van der Waals surface area contributed by atoms with Crippen molar-refractivity contribution < 1.29 is 8.85 Å². The SMILES string of the molecule is C[Si](Cc1ccccc1)(Oc1ccccc1)Oc1ccccc1. The lowest BCUT2D eigenvalue weighted by Crippen LogP contribution is -2.48. The molecule has 0 aliphatic rings. The van der Waals surface area contributed by atoms with E-state index < -0.39 is 8.56 Å². The van der Waals surface area contributed by atoms with Gasteiger partial charge >= 0.3 is 8.56 Å². The van der Waals surface area contributed by atoms with Gasteiger partial charge in [0.05, 0.1) is 0 Å². The van der Waals surface area contributed by atoms with Crippen LogP contribution < -0.4 is 8.85 Å². The lowest BCUT2D eigenvalue weighted by Gasteiger charge is -2.28. The normalized spacial score (nSPS) is 11.0. The lowest BCUT2D eigenvalue weighted by molar-refractivity contribution is 0.388. The van der Waals surface area contributed by atoms with E-state index in [2.05, 4.69) is 30.8 Å². The van der Waals surface area contributed by atoms with Crippen LogP contribution in [0.15, 0.2) is 91.0 Å². The Labute approximate surface area is 138 Å². The molecule has 23 heavy (non-hydrogen) atoms. The average molecular weight is 320 g/mol. The molecule has 0 saturated heterocycles. The topological polar surface area (TPSA) is 18.5 Å². The molecule has 0 fully saturated rings. The molecule has 116 valence electrons. The van der Waals surface area contributed by atoms with E-state index >= 15 is 0 Å². The van der Waals surface area contributed by atoms with Gasteiger partial charge in [0.15, 0.2) is 0 Å². The molecule has 3 heteroatoms. The van der Waals surface area contributed by atoms with Crippen LogP contribution >= 0.6 is 0 Å². The van der Waals surface area contributed by atoms with Crippen molar-refractivity contribution in [2.24, 2.45) is 0 Å². The second-order valence-electron chi connectivity index (χ2n) is 5.63. The van der Waals surface area contributed by atoms with Crippen LogP contribution in [0.5, 0.6) is 11.5 Å². The van der Waals surface area contributed by atoms with Crippen molar-refractivity contribution in [3.8, 4) is 11.5 Å². The summed E-state index contributed by atoms with van der Waals surface area (Å²) in [5, 5.41) is 0. The van der Waals surface area contributed by atoms with E-state index in [1.165, 1.54) is 5.56 Å². The number of hydrogen-bond donors (Lipinski definition) is 0. The molecule has 0 atom stereocenters. The van der Waals surface area contributed by atoms with Crippen LogP contribution in [0.1, 0.15) is 5.56 Å². The Morgan fingerprint density at radius 2 is 1.00 bits per heavy atom. The summed E-state index contributed by atoms with van der Waals surface area (Å²) < 4.78 is 12.7. The molecule has 0 aromatic heterocycles. The highest BCUT2D eigenvalue weighted by Gasteiger charge is 2.36. The third-order valence-corrected chi connectivity index (χ3v) is 5.91. The van der Waals surface area contributed by atoms with Gasteiger partial charge in [-0.25, -0.2) is 0 Å². The van der Waals surface area contributed by atoms with Crippen molar-refractivity contribution in [2.75, 3.05) is 0 Å². The maximum atomic E-state index is 6.33. The minimum absolute atomic E-state index is 0.789. The molecule has 0 radical (unpaired) electrons. The van der Waals surface area contributed by atoms with E-state index in [0.29, 0.717) is 0 Å². The van der Waals surface area contributed by atoms with Gasteiger partial charge in [-0.2, -0.15) is 0 Å². The van der Waals surface area contributed by atoms with Crippen molar-refractivity contribution in [3.63, 3.8) is 0 Å². The van der Waals surface area contributed by atoms with Gasteiger partial charge in [-0.1, -0.05) is 66.7 Å². The Kier molecular flexibility index (Phi) is 4.79. The minimum atomic E-state index is -2.47. The number of rotatable bonds is 6. The summed E-state index contributed by atoms with van der Waals surface area (Å²) >= 11 is 0. The van der Waals surface area contributed by atoms with Crippen molar-refractivity contribution in [1.29, 1.82) is 0 Å². The second kappa shape index (κ2) is 7.16. The van der Waals surface area contributed by atoms with Crippen LogP contribution in [0.25, 0.3) is 0 Å². The van der Waals surface area contributed by atoms with Crippen LogP contribution in [0.4, 0.5) is 0 Å². The fourth-order valence-corrected chi connectivity index (χ4v) is 4.97. The molecule has 0 aliphatic carbocycles. The van der Waals surface area contributed by atoms with Gasteiger partial charge < -0.3 is 8.85 Å². The highest BCUT2D eigenvalue weighted by Crippen LogP contribution is 2.23. The highest BCUT2D eigenvalue weighted by atomic mass is 28.4. The van der Waals surface area contributed by atoms with Crippen LogP contribution in [-0.4, -0.2) is 8.56 Å². The first-order valence-corrected chi connectivity index (χ1v) is 10.3. The third-order valence-electron chi connectivity index (χ3n) is 3.52. The summed E-state index contributed by atoms with van der Waals surface area (Å²) in [4.78, 5) is 0. The van der Waals surface area contributed by atoms with E-state index in [-0.39, 0.29) is 0 Å². The zero-order valence-electron chi connectivity index (χ0n) is 13.2. The summed E-state index contributed by atoms with van der Waals surface area (Å²) in [6, 6.07) is 31.0. The quantitative estimate of drug-likeness (QED) is 0.595. The number of para-hydroxylation sites is 2. The van der Waals surface area contributed by atoms with E-state index in [9.17, 15) is 0 Å². The van der Waals surface area contributed by atoms with Gasteiger partial charge in [-0.3, -0.25) is 0 Å². The largest absolute Gasteiger partial charge is 0.512 e. The van der Waals surface area contributed by atoms with Gasteiger partial charge in [0, 0.05) is 12.6 Å². The van der Waals surface area contributed by atoms with Crippen LogP contribution in [0.3, 0.4) is 0 Å². The standard InChI is InChI=1S/C20H20O2Si/c1-23(17-18-11-5-2-6-12-18,21-19-13-7-3-8-14-19)22-20-15-9-4-10-16-20/h2-16H,17H2,1H3. The van der Waals surface area contributed by atoms with E-state index in [4.69, 9.17) is 8.85 Å². The first kappa shape index (κ1) is 15.4. The first-order valence-electron chi connectivity index (χ1n) is 7.76. The maximum absolute atomic E-state index is 6.33. The van der Waals surface area contributed by atoms with Gasteiger partial charge in [-0.05, 0) is 29.8 Å². The van der Waals surface area contributed by atoms with Gasteiger partial charge in [0.25, 0.3) is 0 Å². The fraction of sp³-hybridized carbons (Fsp3) is 0.100. The Bertz CT molecular complexity index is 613. The molecule has 0 bridgehead atoms. The molecular formula is C20H20O2Si. The van der Waals surface area contributed by atoms with Gasteiger partial charge in [0.1, 0.15) is 11.5 Å². The molecule has 3 aromatic carbocycles. The predicted molar refractivity (Wildman–Crippen MR) is 95.9 cm³/mol. The van der Waals surface area contributed by atoms with Crippen LogP contribution in [-0.2, 0) is 6.04 Å². The van der Waals surface area contributed by atoms with E-state index in [0.717, 1.165) is 17.5 Å². The zero-order chi connectivity index (χ0) is 16.0. The molecule has 3 rings (SSSR count). The average Bonchev–Trinajstić information content (AvgIpc) is 2.57. The third kappa shape index (κ3) is 4.47. The Morgan fingerprint density at radius 3 is 1.43 bits per heavy atom. The van der Waals surface area contributed by atoms with Crippen molar-refractivity contribution in [2.45, 2.75) is 12.6 Å². The summed E-state index contributed by atoms with van der Waals surface area (Å²) in [5.41, 5.74) is 1.23. The molecule has 0 spiro atoms. The minimum Gasteiger partial charge on any atom is -0.512 e. The van der Waals surface area contributed by atoms with E-state index in [1.807, 2.05) is 66.7 Å². The fourth-order valence-electron chi connectivity index (χ4n) is 2.54. The zero-order valence-corrected chi connectivity index (χ0v) is 14.2.